The summed E-state index contributed by atoms with van der Waals surface area (Å²) in [5.74, 6) is -0.555. The van der Waals surface area contributed by atoms with Gasteiger partial charge in [0.15, 0.2) is 0 Å². The van der Waals surface area contributed by atoms with Crippen LogP contribution in [-0.2, 0) is 14.3 Å². The number of para-hydroxylation sites is 1. The normalized spacial score (nSPS) is 14.6. The van der Waals surface area contributed by atoms with Gasteiger partial charge in [-0.2, -0.15) is 0 Å². The Morgan fingerprint density at radius 1 is 1.12 bits per heavy atom. The van der Waals surface area contributed by atoms with E-state index in [1.807, 2.05) is 24.3 Å². The Morgan fingerprint density at radius 2 is 1.85 bits per heavy atom. The molecule has 2 amide bonds. The molecular weight excluding hydrogens is 524 g/mol. The largest absolute Gasteiger partial charge is 0.465 e. The second-order valence-corrected chi connectivity index (χ2v) is 9.82. The number of nitrogens with one attached hydrogen (secondary N) is 1. The molecule has 0 aromatic heterocycles. The number of carbonyl (C=O) groups excluding carboxylic acids is 3. The molecule has 33 heavy (non-hydrogen) atoms. The highest BCUT2D eigenvalue weighted by Gasteiger charge is 2.31. The van der Waals surface area contributed by atoms with E-state index in [0.717, 1.165) is 35.0 Å². The minimum Gasteiger partial charge on any atom is -0.465 e. The number of rotatable bonds is 9. The number of amides is 2. The molecule has 0 bridgehead atoms. The van der Waals surface area contributed by atoms with Crippen LogP contribution in [0.5, 0.6) is 0 Å². The number of ether oxygens (including phenoxy) is 1. The maximum atomic E-state index is 12.8. The topological polar surface area (TPSA) is 75.7 Å². The molecule has 3 rings (SSSR count). The van der Waals surface area contributed by atoms with Gasteiger partial charge in [0.25, 0.3) is 5.91 Å². The highest BCUT2D eigenvalue weighted by molar-refractivity contribution is 9.10. The average Bonchev–Trinajstić information content (AvgIpc) is 3.07. The van der Waals surface area contributed by atoms with Gasteiger partial charge in [-0.05, 0) is 64.7 Å². The summed E-state index contributed by atoms with van der Waals surface area (Å²) < 4.78 is 6.07. The fraction of sp³-hybridized carbons (Fsp3) is 0.250. The molecule has 6 nitrogen and oxygen atoms in total. The van der Waals surface area contributed by atoms with Crippen LogP contribution in [0.15, 0.2) is 57.9 Å². The Labute approximate surface area is 210 Å². The average molecular weight is 547 g/mol. The van der Waals surface area contributed by atoms with Crippen molar-refractivity contribution in [2.24, 2.45) is 0 Å². The van der Waals surface area contributed by atoms with Crippen molar-refractivity contribution in [2.75, 3.05) is 19.0 Å². The third-order valence-electron chi connectivity index (χ3n) is 4.94. The van der Waals surface area contributed by atoms with Crippen molar-refractivity contribution in [3.05, 3.63) is 69.0 Å². The monoisotopic (exact) mass is 546 g/mol. The number of hydrogen-bond acceptors (Lipinski definition) is 6. The molecule has 1 heterocycles. The first-order valence-corrected chi connectivity index (χ1v) is 12.4. The fourth-order valence-electron chi connectivity index (χ4n) is 3.18. The number of hydrogen-bond donors (Lipinski definition) is 1. The van der Waals surface area contributed by atoms with E-state index in [1.54, 1.807) is 35.2 Å². The summed E-state index contributed by atoms with van der Waals surface area (Å²) in [6, 6.07) is 14.3. The molecule has 0 saturated carbocycles. The third-order valence-corrected chi connectivity index (χ3v) is 7.01. The van der Waals surface area contributed by atoms with E-state index in [-0.39, 0.29) is 11.8 Å². The van der Waals surface area contributed by atoms with Crippen molar-refractivity contribution in [2.45, 2.75) is 25.7 Å². The van der Waals surface area contributed by atoms with Crippen molar-refractivity contribution in [1.82, 2.24) is 4.90 Å². The standard InChI is InChI=1S/C24H23BrN2O4S2/c1-31-23(30)17-12-10-16(11-13-17)15-20-22(29)27(24(32)33-20)14-6-2-3-9-21(28)26-19-8-5-4-7-18(19)25/h4-5,7-8,10-13,15H,2-3,6,9,14H2,1H3,(H,26,28)/b20-15-. The first-order chi connectivity index (χ1) is 15.9. The number of carbonyl (C=O) groups is 3. The zero-order valence-electron chi connectivity index (χ0n) is 18.0. The summed E-state index contributed by atoms with van der Waals surface area (Å²) in [7, 11) is 1.33. The highest BCUT2D eigenvalue weighted by atomic mass is 79.9. The second-order valence-electron chi connectivity index (χ2n) is 7.29. The van der Waals surface area contributed by atoms with E-state index >= 15 is 0 Å². The molecule has 1 saturated heterocycles. The van der Waals surface area contributed by atoms with Crippen LogP contribution in [0.4, 0.5) is 5.69 Å². The molecule has 0 atom stereocenters. The van der Waals surface area contributed by atoms with Crippen LogP contribution in [0, 0.1) is 0 Å². The molecular formula is C24H23BrN2O4S2. The van der Waals surface area contributed by atoms with Crippen molar-refractivity contribution in [1.29, 1.82) is 0 Å². The van der Waals surface area contributed by atoms with Gasteiger partial charge in [0.2, 0.25) is 5.91 Å². The van der Waals surface area contributed by atoms with E-state index in [1.165, 1.54) is 18.9 Å². The Morgan fingerprint density at radius 3 is 2.55 bits per heavy atom. The number of methoxy groups -OCH3 is 1. The number of unbranched alkanes of at least 4 members (excludes halogenated alkanes) is 2. The molecule has 0 spiro atoms. The van der Waals surface area contributed by atoms with Crippen LogP contribution >= 0.6 is 39.9 Å². The fourth-order valence-corrected chi connectivity index (χ4v) is 4.88. The van der Waals surface area contributed by atoms with Crippen LogP contribution in [-0.4, -0.2) is 40.7 Å². The summed E-state index contributed by atoms with van der Waals surface area (Å²) >= 11 is 10.1. The van der Waals surface area contributed by atoms with Gasteiger partial charge in [0.05, 0.1) is 23.3 Å². The van der Waals surface area contributed by atoms with E-state index in [0.29, 0.717) is 27.8 Å². The minimum absolute atomic E-state index is 0.0336. The van der Waals surface area contributed by atoms with Crippen molar-refractivity contribution in [3.63, 3.8) is 0 Å². The van der Waals surface area contributed by atoms with E-state index in [9.17, 15) is 14.4 Å². The van der Waals surface area contributed by atoms with Gasteiger partial charge in [-0.15, -0.1) is 0 Å². The Balaban J connectivity index is 1.44. The third kappa shape index (κ3) is 6.99. The molecule has 2 aromatic rings. The molecule has 2 aromatic carbocycles. The van der Waals surface area contributed by atoms with Crippen LogP contribution in [0.1, 0.15) is 41.6 Å². The number of esters is 1. The Hall–Kier alpha value is -2.49. The maximum absolute atomic E-state index is 12.8. The molecule has 0 aliphatic carbocycles. The molecule has 0 radical (unpaired) electrons. The summed E-state index contributed by atoms with van der Waals surface area (Å²) in [5.41, 5.74) is 2.01. The summed E-state index contributed by atoms with van der Waals surface area (Å²) in [5, 5.41) is 2.89. The Kier molecular flexibility index (Phi) is 9.22. The molecule has 0 unspecified atom stereocenters. The molecule has 1 fully saturated rings. The second kappa shape index (κ2) is 12.1. The number of thiocarbonyl (C=S) groups is 1. The predicted molar refractivity (Wildman–Crippen MR) is 139 cm³/mol. The van der Waals surface area contributed by atoms with Gasteiger partial charge < -0.3 is 10.1 Å². The Bertz CT molecular complexity index is 1090. The van der Waals surface area contributed by atoms with Gasteiger partial charge in [0.1, 0.15) is 4.32 Å². The van der Waals surface area contributed by atoms with Crippen LogP contribution in [0.3, 0.4) is 0 Å². The number of nitrogens with zero attached hydrogens (tertiary/aromatic N) is 1. The first kappa shape index (κ1) is 25.1. The summed E-state index contributed by atoms with van der Waals surface area (Å²) in [4.78, 5) is 38.6. The molecule has 1 N–H and O–H groups in total. The van der Waals surface area contributed by atoms with E-state index in [4.69, 9.17) is 17.0 Å². The lowest BCUT2D eigenvalue weighted by Crippen LogP contribution is -2.29. The number of benzene rings is 2. The smallest absolute Gasteiger partial charge is 0.337 e. The zero-order valence-corrected chi connectivity index (χ0v) is 21.2. The maximum Gasteiger partial charge on any atom is 0.337 e. The zero-order chi connectivity index (χ0) is 23.8. The first-order valence-electron chi connectivity index (χ1n) is 10.4. The van der Waals surface area contributed by atoms with Gasteiger partial charge >= 0.3 is 5.97 Å². The number of halogens is 1. The van der Waals surface area contributed by atoms with Crippen LogP contribution < -0.4 is 5.32 Å². The molecule has 9 heteroatoms. The van der Waals surface area contributed by atoms with Gasteiger partial charge in [-0.3, -0.25) is 14.5 Å². The van der Waals surface area contributed by atoms with Gasteiger partial charge in [0, 0.05) is 17.4 Å². The predicted octanol–water partition coefficient (Wildman–Crippen LogP) is 5.64. The lowest BCUT2D eigenvalue weighted by Gasteiger charge is -2.14. The number of thioether (sulfide) groups is 1. The highest BCUT2D eigenvalue weighted by Crippen LogP contribution is 2.33. The summed E-state index contributed by atoms with van der Waals surface area (Å²) in [6.07, 6.45) is 4.49. The molecule has 1 aliphatic heterocycles. The number of anilines is 1. The van der Waals surface area contributed by atoms with Crippen molar-refractivity contribution >= 4 is 73.8 Å². The lowest BCUT2D eigenvalue weighted by molar-refractivity contribution is -0.122. The molecule has 1 aliphatic rings. The van der Waals surface area contributed by atoms with Gasteiger partial charge in [-0.1, -0.05) is 54.7 Å². The van der Waals surface area contributed by atoms with Crippen LogP contribution in [0.25, 0.3) is 6.08 Å². The quantitative estimate of drug-likeness (QED) is 0.190. The van der Waals surface area contributed by atoms with Gasteiger partial charge in [-0.25, -0.2) is 4.79 Å². The lowest BCUT2D eigenvalue weighted by atomic mass is 10.1. The SMILES string of the molecule is COC(=O)c1ccc(/C=C2\SC(=S)N(CCCCCC(=O)Nc3ccccc3Br)C2=O)cc1. The minimum atomic E-state index is -0.404. The summed E-state index contributed by atoms with van der Waals surface area (Å²) in [6.45, 7) is 0.523. The van der Waals surface area contributed by atoms with E-state index < -0.39 is 5.97 Å². The van der Waals surface area contributed by atoms with E-state index in [2.05, 4.69) is 21.2 Å². The van der Waals surface area contributed by atoms with Crippen molar-refractivity contribution < 1.29 is 19.1 Å². The molecule has 172 valence electrons. The van der Waals surface area contributed by atoms with Crippen LogP contribution in [0.2, 0.25) is 0 Å². The van der Waals surface area contributed by atoms with Crippen molar-refractivity contribution in [3.8, 4) is 0 Å².